The quantitative estimate of drug-likeness (QED) is 0.315. The number of hydrogen-bond acceptors (Lipinski definition) is 4. The second-order valence-electron chi connectivity index (χ2n) is 11.1. The third-order valence-electron chi connectivity index (χ3n) is 6.82. The van der Waals surface area contributed by atoms with Gasteiger partial charge in [0.05, 0.1) is 17.0 Å². The molecule has 39 heavy (non-hydrogen) atoms. The number of fused-ring (bicyclic) bond motifs is 1. The Morgan fingerprint density at radius 2 is 1.74 bits per heavy atom. The molecule has 1 fully saturated rings. The highest BCUT2D eigenvalue weighted by atomic mass is 35.5. The number of aryl methyl sites for hydroxylation is 1. The van der Waals surface area contributed by atoms with Gasteiger partial charge in [0.25, 0.3) is 0 Å². The fourth-order valence-electron chi connectivity index (χ4n) is 4.98. The number of piperidine rings is 1. The molecule has 0 saturated carbocycles. The monoisotopic (exact) mass is 566 g/mol. The number of rotatable bonds is 7. The first-order valence-electron chi connectivity index (χ1n) is 13.1. The van der Waals surface area contributed by atoms with Crippen molar-refractivity contribution in [2.75, 3.05) is 13.1 Å². The second kappa shape index (κ2) is 11.6. The lowest BCUT2D eigenvalue weighted by Gasteiger charge is -2.33. The van der Waals surface area contributed by atoms with E-state index in [0.29, 0.717) is 35.0 Å². The maximum absolute atomic E-state index is 12.4. The van der Waals surface area contributed by atoms with Crippen LogP contribution in [0.15, 0.2) is 42.6 Å². The molecule has 6 nitrogen and oxygen atoms in total. The summed E-state index contributed by atoms with van der Waals surface area (Å²) >= 11 is 6.54. The van der Waals surface area contributed by atoms with Crippen molar-refractivity contribution in [3.63, 3.8) is 0 Å². The average Bonchev–Trinajstić information content (AvgIpc) is 3.14. The molecule has 3 aromatic rings. The molecule has 0 atom stereocenters. The number of likely N-dealkylation sites (tertiary alicyclic amines) is 1. The molecular formula is C29H34ClF3N2O4. The standard InChI is InChI=1S/C29H34ClF3N2O4/c1-28(2,3)39-27(37)34-13-11-19(12-14-34)5-4-6-21-15-22-18-35(26(36)25(22)24(30)16-21)17-20-7-9-23(10-8-20)38-29(31,32)33/h7-10,15-16,18-19,36H,4-6,11-14,17H2,1-3H3. The molecule has 0 spiro atoms. The van der Waals surface area contributed by atoms with E-state index in [1.165, 1.54) is 24.3 Å². The van der Waals surface area contributed by atoms with Crippen molar-refractivity contribution in [3.05, 3.63) is 58.7 Å². The summed E-state index contributed by atoms with van der Waals surface area (Å²) in [6, 6.07) is 9.43. The van der Waals surface area contributed by atoms with Gasteiger partial charge in [-0.1, -0.05) is 23.7 Å². The van der Waals surface area contributed by atoms with Crippen LogP contribution in [0.4, 0.5) is 18.0 Å². The van der Waals surface area contributed by atoms with Crippen molar-refractivity contribution < 1.29 is 32.5 Å². The van der Waals surface area contributed by atoms with E-state index >= 15 is 0 Å². The van der Waals surface area contributed by atoms with Crippen molar-refractivity contribution >= 4 is 28.5 Å². The molecule has 0 aliphatic carbocycles. The summed E-state index contributed by atoms with van der Waals surface area (Å²) in [5, 5.41) is 12.6. The first-order valence-corrected chi connectivity index (χ1v) is 13.5. The molecule has 0 bridgehead atoms. The van der Waals surface area contributed by atoms with Crippen LogP contribution in [-0.2, 0) is 17.7 Å². The van der Waals surface area contributed by atoms with Crippen LogP contribution in [0.2, 0.25) is 5.02 Å². The van der Waals surface area contributed by atoms with Crippen molar-refractivity contribution in [2.45, 2.75) is 71.4 Å². The molecule has 212 valence electrons. The number of amides is 1. The molecule has 1 N–H and O–H groups in total. The SMILES string of the molecule is CC(C)(C)OC(=O)N1CCC(CCCc2cc(Cl)c3c(O)n(Cc4ccc(OC(F)(F)F)cc4)cc3c2)CC1. The van der Waals surface area contributed by atoms with Crippen LogP contribution < -0.4 is 4.74 Å². The molecule has 2 aromatic carbocycles. The molecule has 1 aliphatic rings. The van der Waals surface area contributed by atoms with Crippen LogP contribution in [0.3, 0.4) is 0 Å². The van der Waals surface area contributed by atoms with Gasteiger partial charge in [-0.05, 0) is 94.2 Å². The van der Waals surface area contributed by atoms with Crippen LogP contribution in [0.1, 0.15) is 57.6 Å². The summed E-state index contributed by atoms with van der Waals surface area (Å²) in [5.41, 5.74) is 1.29. The molecule has 4 rings (SSSR count). The Bertz CT molecular complexity index is 1290. The van der Waals surface area contributed by atoms with Crippen molar-refractivity contribution in [1.29, 1.82) is 0 Å². The van der Waals surface area contributed by atoms with E-state index in [0.717, 1.165) is 43.1 Å². The number of ether oxygens (including phenoxy) is 2. The molecular weight excluding hydrogens is 533 g/mol. The minimum Gasteiger partial charge on any atom is -0.494 e. The Labute approximate surface area is 231 Å². The summed E-state index contributed by atoms with van der Waals surface area (Å²) in [6.45, 7) is 7.30. The Morgan fingerprint density at radius 1 is 1.08 bits per heavy atom. The Kier molecular flexibility index (Phi) is 8.59. The summed E-state index contributed by atoms with van der Waals surface area (Å²) in [5.74, 6) is 0.268. The lowest BCUT2D eigenvalue weighted by atomic mass is 9.91. The fourth-order valence-corrected chi connectivity index (χ4v) is 5.31. The third kappa shape index (κ3) is 7.97. The van der Waals surface area contributed by atoms with Gasteiger partial charge in [-0.25, -0.2) is 4.79 Å². The molecule has 2 heterocycles. The van der Waals surface area contributed by atoms with Crippen molar-refractivity contribution in [3.8, 4) is 11.6 Å². The number of hydrogen-bond donors (Lipinski definition) is 1. The predicted molar refractivity (Wildman–Crippen MR) is 144 cm³/mol. The minimum absolute atomic E-state index is 0.00825. The normalized spacial score (nSPS) is 15.1. The molecule has 1 aliphatic heterocycles. The summed E-state index contributed by atoms with van der Waals surface area (Å²) < 4.78 is 48.2. The summed E-state index contributed by atoms with van der Waals surface area (Å²) in [4.78, 5) is 14.1. The van der Waals surface area contributed by atoms with Crippen LogP contribution in [0, 0.1) is 5.92 Å². The molecule has 1 amide bonds. The highest BCUT2D eigenvalue weighted by Gasteiger charge is 2.31. The van der Waals surface area contributed by atoms with Gasteiger partial charge >= 0.3 is 12.5 Å². The van der Waals surface area contributed by atoms with E-state index in [9.17, 15) is 23.1 Å². The number of carbonyl (C=O) groups is 1. The third-order valence-corrected chi connectivity index (χ3v) is 7.12. The van der Waals surface area contributed by atoms with Gasteiger partial charge < -0.3 is 24.0 Å². The first-order chi connectivity index (χ1) is 18.3. The number of alkyl halides is 3. The smallest absolute Gasteiger partial charge is 0.494 e. The number of halogens is 4. The fraction of sp³-hybridized carbons (Fsp3) is 0.483. The number of benzene rings is 2. The zero-order chi connectivity index (χ0) is 28.4. The topological polar surface area (TPSA) is 63.9 Å². The van der Waals surface area contributed by atoms with E-state index in [1.807, 2.05) is 32.9 Å². The van der Waals surface area contributed by atoms with Crippen molar-refractivity contribution in [1.82, 2.24) is 9.47 Å². The van der Waals surface area contributed by atoms with Gasteiger partial charge in [0.15, 0.2) is 0 Å². The van der Waals surface area contributed by atoms with Crippen LogP contribution >= 0.6 is 11.6 Å². The molecule has 1 saturated heterocycles. The average molecular weight is 567 g/mol. The maximum atomic E-state index is 12.4. The Morgan fingerprint density at radius 3 is 2.36 bits per heavy atom. The van der Waals surface area contributed by atoms with E-state index in [1.54, 1.807) is 15.7 Å². The van der Waals surface area contributed by atoms with Gasteiger partial charge in [-0.2, -0.15) is 0 Å². The Balaban J connectivity index is 1.32. The second-order valence-corrected chi connectivity index (χ2v) is 11.5. The summed E-state index contributed by atoms with van der Waals surface area (Å²) in [6.07, 6.45) is 1.60. The summed E-state index contributed by atoms with van der Waals surface area (Å²) in [7, 11) is 0. The zero-order valence-electron chi connectivity index (χ0n) is 22.4. The number of aromatic hydroxyl groups is 1. The highest BCUT2D eigenvalue weighted by molar-refractivity contribution is 6.36. The molecule has 1 aromatic heterocycles. The predicted octanol–water partition coefficient (Wildman–Crippen LogP) is 7.92. The zero-order valence-corrected chi connectivity index (χ0v) is 23.1. The van der Waals surface area contributed by atoms with E-state index < -0.39 is 12.0 Å². The van der Waals surface area contributed by atoms with E-state index in [4.69, 9.17) is 16.3 Å². The lowest BCUT2D eigenvalue weighted by molar-refractivity contribution is -0.274. The van der Waals surface area contributed by atoms with Gasteiger partial charge in [0.2, 0.25) is 5.88 Å². The largest absolute Gasteiger partial charge is 0.573 e. The number of aromatic nitrogens is 1. The molecule has 10 heteroatoms. The van der Waals surface area contributed by atoms with Gasteiger partial charge in [0, 0.05) is 24.7 Å². The molecule has 0 unspecified atom stereocenters. The first kappa shape index (κ1) is 28.9. The van der Waals surface area contributed by atoms with E-state index in [-0.39, 0.29) is 24.3 Å². The van der Waals surface area contributed by atoms with Crippen LogP contribution in [0.5, 0.6) is 11.6 Å². The molecule has 0 radical (unpaired) electrons. The highest BCUT2D eigenvalue weighted by Crippen LogP contribution is 2.36. The Hall–Kier alpha value is -3.07. The number of nitrogens with zero attached hydrogens (tertiary/aromatic N) is 2. The lowest BCUT2D eigenvalue weighted by Crippen LogP contribution is -2.41. The van der Waals surface area contributed by atoms with Crippen LogP contribution in [0.25, 0.3) is 10.8 Å². The minimum atomic E-state index is -4.74. The van der Waals surface area contributed by atoms with Crippen LogP contribution in [-0.4, -0.2) is 45.7 Å². The van der Waals surface area contributed by atoms with Gasteiger partial charge in [-0.3, -0.25) is 0 Å². The maximum Gasteiger partial charge on any atom is 0.573 e. The van der Waals surface area contributed by atoms with Gasteiger partial charge in [0.1, 0.15) is 11.4 Å². The van der Waals surface area contributed by atoms with Gasteiger partial charge in [-0.15, -0.1) is 13.2 Å². The van der Waals surface area contributed by atoms with E-state index in [2.05, 4.69) is 4.74 Å². The number of carbonyl (C=O) groups excluding carboxylic acids is 1. The van der Waals surface area contributed by atoms with Crippen molar-refractivity contribution in [2.24, 2.45) is 5.92 Å².